The average molecular weight is 653 g/mol. The Morgan fingerprint density at radius 3 is 1.74 bits per heavy atom. The van der Waals surface area contributed by atoms with Gasteiger partial charge in [-0.15, -0.1) is 13.2 Å². The second-order valence-corrected chi connectivity index (χ2v) is 10.6. The average Bonchev–Trinajstić information content (AvgIpc) is 2.94. The van der Waals surface area contributed by atoms with Gasteiger partial charge in [0.1, 0.15) is 17.7 Å². The largest absolute Gasteiger partial charge is 0.493 e. The first-order chi connectivity index (χ1) is 21.3. The summed E-state index contributed by atoms with van der Waals surface area (Å²) >= 11 is 0. The minimum Gasteiger partial charge on any atom is -0.493 e. The number of rotatable bonds is 11. The number of benzene rings is 2. The first kappa shape index (κ1) is 39.2. The molecular weight excluding hydrogens is 613 g/mol. The third kappa shape index (κ3) is 13.8. The standard InChI is InChI=1S/C18H25NO5.C14H14F3NO4/c1-7-8-13-9-10-14(15(11-13)22-6)23-16(20)12(2)19-17(21)24-18(3,4)5;1-3-4-9-5-6-10(21-12(19)8(2)18)11(7-9)22-13(20)14(15,16)17/h7,9-12H,1,8H2,2-6H3,(H,19,21);3,5-8H,1,4,18H2,2H3. The van der Waals surface area contributed by atoms with Crippen molar-refractivity contribution in [3.8, 4) is 23.0 Å². The SMILES string of the molecule is C=CCc1ccc(OC(=O)C(C)N)c(OC(=O)C(F)(F)F)c1.C=CCc1ccc(OC(=O)C(C)NC(=O)OC(C)(C)C)c(OC)c1. The second-order valence-electron chi connectivity index (χ2n) is 10.6. The third-order valence-corrected chi connectivity index (χ3v) is 5.31. The van der Waals surface area contributed by atoms with Crippen LogP contribution in [0.3, 0.4) is 0 Å². The maximum absolute atomic E-state index is 12.3. The molecule has 14 heteroatoms. The van der Waals surface area contributed by atoms with E-state index in [4.69, 9.17) is 24.7 Å². The minimum absolute atomic E-state index is 0.285. The summed E-state index contributed by atoms with van der Waals surface area (Å²) in [5.74, 6) is -4.03. The van der Waals surface area contributed by atoms with E-state index >= 15 is 0 Å². The predicted molar refractivity (Wildman–Crippen MR) is 163 cm³/mol. The Labute approximate surface area is 265 Å². The molecule has 0 aliphatic carbocycles. The number of hydrogen-bond acceptors (Lipinski definition) is 10. The van der Waals surface area contributed by atoms with Gasteiger partial charge in [-0.25, -0.2) is 19.2 Å². The zero-order chi connectivity index (χ0) is 35.2. The molecule has 3 N–H and O–H groups in total. The van der Waals surface area contributed by atoms with Crippen molar-refractivity contribution >= 4 is 24.0 Å². The number of ether oxygens (including phenoxy) is 5. The van der Waals surface area contributed by atoms with Crippen molar-refractivity contribution in [3.63, 3.8) is 0 Å². The topological polar surface area (TPSA) is 152 Å². The summed E-state index contributed by atoms with van der Waals surface area (Å²) in [6.07, 6.45) is -1.55. The van der Waals surface area contributed by atoms with Gasteiger partial charge in [-0.2, -0.15) is 13.2 Å². The van der Waals surface area contributed by atoms with Gasteiger partial charge in [0.05, 0.1) is 7.11 Å². The van der Waals surface area contributed by atoms with Gasteiger partial charge in [0, 0.05) is 0 Å². The van der Waals surface area contributed by atoms with E-state index in [-0.39, 0.29) is 11.5 Å². The molecule has 252 valence electrons. The van der Waals surface area contributed by atoms with Gasteiger partial charge in [-0.05, 0) is 82.9 Å². The van der Waals surface area contributed by atoms with Crippen molar-refractivity contribution in [1.29, 1.82) is 0 Å². The molecular formula is C32H39F3N2O9. The lowest BCUT2D eigenvalue weighted by Gasteiger charge is -2.21. The summed E-state index contributed by atoms with van der Waals surface area (Å²) in [4.78, 5) is 46.2. The van der Waals surface area contributed by atoms with Crippen molar-refractivity contribution in [3.05, 3.63) is 72.8 Å². The Balaban J connectivity index is 0.000000462. The van der Waals surface area contributed by atoms with Crippen LogP contribution >= 0.6 is 0 Å². The number of alkyl halides is 3. The number of nitrogens with one attached hydrogen (secondary N) is 1. The normalized spacial score (nSPS) is 12.2. The molecule has 0 bridgehead atoms. The number of methoxy groups -OCH3 is 1. The zero-order valence-electron chi connectivity index (χ0n) is 26.5. The molecule has 0 radical (unpaired) electrons. The van der Waals surface area contributed by atoms with E-state index < -0.39 is 53.6 Å². The monoisotopic (exact) mass is 652 g/mol. The van der Waals surface area contributed by atoms with Gasteiger partial charge >= 0.3 is 30.2 Å². The van der Waals surface area contributed by atoms with Gasteiger partial charge in [0.15, 0.2) is 23.0 Å². The van der Waals surface area contributed by atoms with Crippen LogP contribution in [-0.2, 0) is 32.0 Å². The lowest BCUT2D eigenvalue weighted by Crippen LogP contribution is -2.43. The highest BCUT2D eigenvalue weighted by molar-refractivity contribution is 5.83. The Hall–Kier alpha value is -4.85. The molecule has 0 aromatic heterocycles. The highest BCUT2D eigenvalue weighted by Gasteiger charge is 2.42. The van der Waals surface area contributed by atoms with Crippen LogP contribution < -0.4 is 30.0 Å². The Bertz CT molecular complexity index is 1400. The quantitative estimate of drug-likeness (QED) is 0.184. The fraction of sp³-hybridized carbons (Fsp3) is 0.375. The molecule has 0 spiro atoms. The van der Waals surface area contributed by atoms with Crippen LogP contribution in [0.5, 0.6) is 23.0 Å². The molecule has 2 rings (SSSR count). The van der Waals surface area contributed by atoms with Crippen molar-refractivity contribution in [2.45, 2.75) is 71.3 Å². The number of allylic oxidation sites excluding steroid dienone is 2. The van der Waals surface area contributed by atoms with Crippen LogP contribution in [0.2, 0.25) is 0 Å². The summed E-state index contributed by atoms with van der Waals surface area (Å²) < 4.78 is 61.6. The highest BCUT2D eigenvalue weighted by Crippen LogP contribution is 2.31. The fourth-order valence-corrected chi connectivity index (χ4v) is 3.20. The zero-order valence-corrected chi connectivity index (χ0v) is 26.5. The maximum Gasteiger partial charge on any atom is 0.491 e. The first-order valence-electron chi connectivity index (χ1n) is 13.8. The number of alkyl carbamates (subject to hydrolysis) is 1. The first-order valence-corrected chi connectivity index (χ1v) is 13.8. The molecule has 0 saturated heterocycles. The lowest BCUT2D eigenvalue weighted by molar-refractivity contribution is -0.189. The molecule has 46 heavy (non-hydrogen) atoms. The molecule has 0 saturated carbocycles. The summed E-state index contributed by atoms with van der Waals surface area (Å²) in [7, 11) is 1.49. The summed E-state index contributed by atoms with van der Waals surface area (Å²) in [6.45, 7) is 15.3. The minimum atomic E-state index is -5.17. The Morgan fingerprint density at radius 2 is 1.30 bits per heavy atom. The van der Waals surface area contributed by atoms with Crippen LogP contribution in [0.15, 0.2) is 61.7 Å². The Kier molecular flexibility index (Phi) is 15.0. The highest BCUT2D eigenvalue weighted by atomic mass is 19.4. The van der Waals surface area contributed by atoms with E-state index in [1.54, 1.807) is 39.0 Å². The predicted octanol–water partition coefficient (Wildman–Crippen LogP) is 5.38. The van der Waals surface area contributed by atoms with E-state index in [1.807, 2.05) is 6.07 Å². The molecule has 0 fully saturated rings. The molecule has 11 nitrogen and oxygen atoms in total. The lowest BCUT2D eigenvalue weighted by atomic mass is 10.1. The molecule has 2 aromatic rings. The number of hydrogen-bond donors (Lipinski definition) is 2. The van der Waals surface area contributed by atoms with Crippen molar-refractivity contribution < 1.29 is 56.0 Å². The molecule has 1 amide bonds. The van der Waals surface area contributed by atoms with E-state index in [9.17, 15) is 32.3 Å². The molecule has 2 aromatic carbocycles. The van der Waals surface area contributed by atoms with Gasteiger partial charge in [-0.3, -0.25) is 0 Å². The van der Waals surface area contributed by atoms with Gasteiger partial charge in [-0.1, -0.05) is 24.3 Å². The Morgan fingerprint density at radius 1 is 0.826 bits per heavy atom. The van der Waals surface area contributed by atoms with Crippen LogP contribution in [0.1, 0.15) is 45.7 Å². The van der Waals surface area contributed by atoms with E-state index in [1.165, 1.54) is 39.2 Å². The number of nitrogens with two attached hydrogens (primary N) is 1. The summed E-state index contributed by atoms with van der Waals surface area (Å²) in [5.41, 5.74) is 6.18. The van der Waals surface area contributed by atoms with E-state index in [2.05, 4.69) is 23.2 Å². The molecule has 0 heterocycles. The van der Waals surface area contributed by atoms with Crippen molar-refractivity contribution in [1.82, 2.24) is 5.32 Å². The second kappa shape index (κ2) is 17.6. The summed E-state index contributed by atoms with van der Waals surface area (Å²) in [6, 6.07) is 7.27. The third-order valence-electron chi connectivity index (χ3n) is 5.31. The molecule has 2 unspecified atom stereocenters. The number of esters is 3. The van der Waals surface area contributed by atoms with E-state index in [0.29, 0.717) is 24.2 Å². The van der Waals surface area contributed by atoms with Crippen LogP contribution in [0, 0.1) is 0 Å². The van der Waals surface area contributed by atoms with E-state index in [0.717, 1.165) is 11.6 Å². The van der Waals surface area contributed by atoms with Crippen LogP contribution in [-0.4, -0.2) is 55.0 Å². The fourth-order valence-electron chi connectivity index (χ4n) is 3.20. The number of halogens is 3. The van der Waals surface area contributed by atoms with Crippen molar-refractivity contribution in [2.24, 2.45) is 5.73 Å². The van der Waals surface area contributed by atoms with Gasteiger partial charge < -0.3 is 34.7 Å². The van der Waals surface area contributed by atoms with Gasteiger partial charge in [0.2, 0.25) is 0 Å². The smallest absolute Gasteiger partial charge is 0.491 e. The van der Waals surface area contributed by atoms with Crippen LogP contribution in [0.4, 0.5) is 18.0 Å². The molecule has 0 aliphatic heterocycles. The molecule has 2 atom stereocenters. The van der Waals surface area contributed by atoms with Crippen LogP contribution in [0.25, 0.3) is 0 Å². The summed E-state index contributed by atoms with van der Waals surface area (Å²) in [5, 5.41) is 2.44. The van der Waals surface area contributed by atoms with Gasteiger partial charge in [0.25, 0.3) is 0 Å². The van der Waals surface area contributed by atoms with Crippen molar-refractivity contribution in [2.75, 3.05) is 7.11 Å². The number of amides is 1. The number of carbonyl (C=O) groups is 4. The molecule has 0 aliphatic rings. The number of carbonyl (C=O) groups excluding carboxylic acids is 4. The maximum atomic E-state index is 12.3.